The molecule has 2 aromatic rings. The summed E-state index contributed by atoms with van der Waals surface area (Å²) in [6.45, 7) is 0. The first-order valence-electron chi connectivity index (χ1n) is 4.25. The van der Waals surface area contributed by atoms with E-state index in [1.54, 1.807) is 0 Å². The van der Waals surface area contributed by atoms with Crippen molar-refractivity contribution in [2.75, 3.05) is 0 Å². The Hall–Kier alpha value is -1.20. The molecule has 16 heavy (non-hydrogen) atoms. The number of nitrogens with zero attached hydrogens (tertiary/aromatic N) is 2. The lowest BCUT2D eigenvalue weighted by Crippen LogP contribution is -1.86. The maximum Gasteiger partial charge on any atom is 0.140 e. The highest BCUT2D eigenvalue weighted by Crippen LogP contribution is 2.29. The van der Waals surface area contributed by atoms with Crippen LogP contribution < -0.4 is 0 Å². The Bertz CT molecular complexity index is 522. The molecule has 0 aliphatic heterocycles. The Balaban J connectivity index is 2.27. The molecule has 0 saturated carbocycles. The SMILES string of the molecule is Fc1ccc(Sc2cc(Cl)ncn2)c(F)c1. The van der Waals surface area contributed by atoms with E-state index in [0.29, 0.717) is 5.03 Å². The van der Waals surface area contributed by atoms with Crippen molar-refractivity contribution in [2.45, 2.75) is 9.92 Å². The Morgan fingerprint density at radius 1 is 1.12 bits per heavy atom. The van der Waals surface area contributed by atoms with Gasteiger partial charge in [0.1, 0.15) is 28.1 Å². The second-order valence-corrected chi connectivity index (χ2v) is 4.31. The fraction of sp³-hybridized carbons (Fsp3) is 0. The molecule has 0 atom stereocenters. The van der Waals surface area contributed by atoms with Crippen LogP contribution >= 0.6 is 23.4 Å². The Morgan fingerprint density at radius 3 is 2.62 bits per heavy atom. The zero-order valence-corrected chi connectivity index (χ0v) is 9.40. The molecule has 0 amide bonds. The third kappa shape index (κ3) is 2.68. The summed E-state index contributed by atoms with van der Waals surface area (Å²) in [7, 11) is 0. The van der Waals surface area contributed by atoms with Crippen LogP contribution in [-0.2, 0) is 0 Å². The average Bonchev–Trinajstić information content (AvgIpc) is 2.22. The molecule has 0 radical (unpaired) electrons. The Labute approximate surface area is 99.7 Å². The number of rotatable bonds is 2. The van der Waals surface area contributed by atoms with Crippen LogP contribution in [0, 0.1) is 11.6 Å². The van der Waals surface area contributed by atoms with Crippen molar-refractivity contribution in [3.8, 4) is 0 Å². The number of benzene rings is 1. The van der Waals surface area contributed by atoms with Crippen molar-refractivity contribution < 1.29 is 8.78 Å². The highest BCUT2D eigenvalue weighted by Gasteiger charge is 2.06. The van der Waals surface area contributed by atoms with Gasteiger partial charge in [-0.2, -0.15) is 0 Å². The quantitative estimate of drug-likeness (QED) is 0.771. The lowest BCUT2D eigenvalue weighted by Gasteiger charge is -2.02. The lowest BCUT2D eigenvalue weighted by molar-refractivity contribution is 0.565. The molecule has 0 aliphatic rings. The topological polar surface area (TPSA) is 25.8 Å². The normalized spacial score (nSPS) is 10.4. The molecule has 0 aliphatic carbocycles. The van der Waals surface area contributed by atoms with Crippen molar-refractivity contribution >= 4 is 23.4 Å². The van der Waals surface area contributed by atoms with Crippen LogP contribution in [0.3, 0.4) is 0 Å². The maximum absolute atomic E-state index is 13.3. The largest absolute Gasteiger partial charge is 0.230 e. The van der Waals surface area contributed by atoms with Gasteiger partial charge in [0.05, 0.1) is 0 Å². The van der Waals surface area contributed by atoms with Crippen LogP contribution in [-0.4, -0.2) is 9.97 Å². The second-order valence-electron chi connectivity index (χ2n) is 2.86. The van der Waals surface area contributed by atoms with E-state index in [-0.39, 0.29) is 10.0 Å². The van der Waals surface area contributed by atoms with Gasteiger partial charge in [-0.15, -0.1) is 0 Å². The van der Waals surface area contributed by atoms with Crippen molar-refractivity contribution in [1.82, 2.24) is 9.97 Å². The molecule has 0 bridgehead atoms. The van der Waals surface area contributed by atoms with Gasteiger partial charge in [0.15, 0.2) is 0 Å². The summed E-state index contributed by atoms with van der Waals surface area (Å²) in [5.41, 5.74) is 0. The molecule has 0 N–H and O–H groups in total. The van der Waals surface area contributed by atoms with Crippen LogP contribution in [0.5, 0.6) is 0 Å². The summed E-state index contributed by atoms with van der Waals surface area (Å²) in [6, 6.07) is 4.87. The summed E-state index contributed by atoms with van der Waals surface area (Å²) < 4.78 is 26.0. The summed E-state index contributed by atoms with van der Waals surface area (Å²) in [5.74, 6) is -1.23. The van der Waals surface area contributed by atoms with E-state index in [4.69, 9.17) is 11.6 Å². The summed E-state index contributed by atoms with van der Waals surface area (Å²) in [6.07, 6.45) is 1.28. The van der Waals surface area contributed by atoms with Crippen molar-refractivity contribution in [2.24, 2.45) is 0 Å². The molecular weight excluding hydrogens is 254 g/mol. The highest BCUT2D eigenvalue weighted by atomic mass is 35.5. The van der Waals surface area contributed by atoms with E-state index in [0.717, 1.165) is 17.8 Å². The predicted molar refractivity (Wildman–Crippen MR) is 57.5 cm³/mol. The number of hydrogen-bond donors (Lipinski definition) is 0. The zero-order valence-electron chi connectivity index (χ0n) is 7.82. The third-order valence-corrected chi connectivity index (χ3v) is 2.91. The zero-order chi connectivity index (χ0) is 11.5. The van der Waals surface area contributed by atoms with Gasteiger partial charge in [-0.1, -0.05) is 23.4 Å². The first-order valence-corrected chi connectivity index (χ1v) is 5.45. The predicted octanol–water partition coefficient (Wildman–Crippen LogP) is 3.56. The van der Waals surface area contributed by atoms with Gasteiger partial charge in [0, 0.05) is 17.0 Å². The van der Waals surface area contributed by atoms with E-state index < -0.39 is 11.6 Å². The monoisotopic (exact) mass is 258 g/mol. The summed E-state index contributed by atoms with van der Waals surface area (Å²) >= 11 is 6.72. The number of halogens is 3. The van der Waals surface area contributed by atoms with Crippen LogP contribution in [0.2, 0.25) is 5.15 Å². The molecule has 2 nitrogen and oxygen atoms in total. The van der Waals surface area contributed by atoms with Crippen molar-refractivity contribution in [3.05, 3.63) is 47.4 Å². The number of aromatic nitrogens is 2. The molecular formula is C10H5ClF2N2S. The minimum absolute atomic E-state index is 0.278. The molecule has 0 unspecified atom stereocenters. The first kappa shape index (κ1) is 11.3. The van der Waals surface area contributed by atoms with Crippen LogP contribution in [0.1, 0.15) is 0 Å². The summed E-state index contributed by atoms with van der Waals surface area (Å²) in [4.78, 5) is 7.90. The molecule has 1 aromatic carbocycles. The first-order chi connectivity index (χ1) is 7.65. The fourth-order valence-corrected chi connectivity index (χ4v) is 2.04. The maximum atomic E-state index is 13.3. The van der Waals surface area contributed by atoms with E-state index in [9.17, 15) is 8.78 Å². The molecule has 6 heteroatoms. The Morgan fingerprint density at radius 2 is 1.94 bits per heavy atom. The van der Waals surface area contributed by atoms with Gasteiger partial charge in [-0.25, -0.2) is 18.7 Å². The molecule has 1 aromatic heterocycles. The molecule has 1 heterocycles. The van der Waals surface area contributed by atoms with Gasteiger partial charge in [-0.3, -0.25) is 0 Å². The van der Waals surface area contributed by atoms with Crippen molar-refractivity contribution in [3.63, 3.8) is 0 Å². The van der Waals surface area contributed by atoms with E-state index in [2.05, 4.69) is 9.97 Å². The van der Waals surface area contributed by atoms with Gasteiger partial charge < -0.3 is 0 Å². The van der Waals surface area contributed by atoms with Gasteiger partial charge in [0.2, 0.25) is 0 Å². The average molecular weight is 259 g/mol. The molecule has 0 spiro atoms. The van der Waals surface area contributed by atoms with E-state index in [1.165, 1.54) is 24.5 Å². The van der Waals surface area contributed by atoms with Crippen molar-refractivity contribution in [1.29, 1.82) is 0 Å². The smallest absolute Gasteiger partial charge is 0.140 e. The highest BCUT2D eigenvalue weighted by molar-refractivity contribution is 7.99. The van der Waals surface area contributed by atoms with E-state index >= 15 is 0 Å². The fourth-order valence-electron chi connectivity index (χ4n) is 1.04. The minimum Gasteiger partial charge on any atom is -0.230 e. The summed E-state index contributed by atoms with van der Waals surface area (Å²) in [5, 5.41) is 0.783. The minimum atomic E-state index is -0.625. The molecule has 2 rings (SSSR count). The van der Waals surface area contributed by atoms with Gasteiger partial charge in [0.25, 0.3) is 0 Å². The molecule has 0 fully saturated rings. The van der Waals surface area contributed by atoms with Crippen LogP contribution in [0.15, 0.2) is 40.5 Å². The molecule has 0 saturated heterocycles. The van der Waals surface area contributed by atoms with Gasteiger partial charge in [-0.05, 0) is 12.1 Å². The van der Waals surface area contributed by atoms with Crippen LogP contribution in [0.25, 0.3) is 0 Å². The van der Waals surface area contributed by atoms with Crippen LogP contribution in [0.4, 0.5) is 8.78 Å². The number of hydrogen-bond acceptors (Lipinski definition) is 3. The third-order valence-electron chi connectivity index (χ3n) is 1.72. The van der Waals surface area contributed by atoms with Gasteiger partial charge >= 0.3 is 0 Å². The second kappa shape index (κ2) is 4.76. The molecule has 82 valence electrons. The lowest BCUT2D eigenvalue weighted by atomic mass is 10.3. The Kier molecular flexibility index (Phi) is 3.36. The van der Waals surface area contributed by atoms with E-state index in [1.807, 2.05) is 0 Å². The standard InChI is InChI=1S/C10H5ClF2N2S/c11-9-4-10(15-5-14-9)16-8-2-1-6(12)3-7(8)13/h1-5H.